The molecule has 1 heterocycles. The third-order valence-electron chi connectivity index (χ3n) is 2.28. The molecule has 78 valence electrons. The molecule has 14 heavy (non-hydrogen) atoms. The number of nitrogen functional groups attached to an aromatic ring is 1. The SMILES string of the molecule is Cc1nc(C(C)C)nc(N)c1C(C)C. The number of nitrogens with two attached hydrogens (primary N) is 1. The smallest absolute Gasteiger partial charge is 0.133 e. The first-order valence-electron chi connectivity index (χ1n) is 5.07. The van der Waals surface area contributed by atoms with E-state index in [0.29, 0.717) is 17.7 Å². The second kappa shape index (κ2) is 3.95. The fourth-order valence-electron chi connectivity index (χ4n) is 1.60. The van der Waals surface area contributed by atoms with Gasteiger partial charge in [-0.15, -0.1) is 0 Å². The largest absolute Gasteiger partial charge is 0.383 e. The van der Waals surface area contributed by atoms with Gasteiger partial charge in [0, 0.05) is 17.2 Å². The average molecular weight is 193 g/mol. The van der Waals surface area contributed by atoms with Gasteiger partial charge < -0.3 is 5.73 Å². The van der Waals surface area contributed by atoms with Gasteiger partial charge in [-0.25, -0.2) is 9.97 Å². The molecule has 0 bridgehead atoms. The molecule has 0 fully saturated rings. The third-order valence-corrected chi connectivity index (χ3v) is 2.28. The standard InChI is InChI=1S/C11H19N3/c1-6(2)9-8(5)13-11(7(3)4)14-10(9)12/h6-7H,1-5H3,(H2,12,13,14). The van der Waals surface area contributed by atoms with Crippen molar-refractivity contribution in [3.8, 4) is 0 Å². The Kier molecular flexibility index (Phi) is 3.09. The Balaban J connectivity index is 3.25. The fraction of sp³-hybridized carbons (Fsp3) is 0.636. The van der Waals surface area contributed by atoms with Crippen molar-refractivity contribution in [2.24, 2.45) is 0 Å². The summed E-state index contributed by atoms with van der Waals surface area (Å²) in [6, 6.07) is 0. The number of aromatic nitrogens is 2. The van der Waals surface area contributed by atoms with Gasteiger partial charge in [0.2, 0.25) is 0 Å². The average Bonchev–Trinajstić information content (AvgIpc) is 2.01. The van der Waals surface area contributed by atoms with Crippen LogP contribution in [0.4, 0.5) is 5.82 Å². The Bertz CT molecular complexity index is 306. The van der Waals surface area contributed by atoms with Gasteiger partial charge in [-0.2, -0.15) is 0 Å². The van der Waals surface area contributed by atoms with E-state index in [-0.39, 0.29) is 0 Å². The summed E-state index contributed by atoms with van der Waals surface area (Å²) in [6.07, 6.45) is 0. The van der Waals surface area contributed by atoms with Gasteiger partial charge in [0.05, 0.1) is 0 Å². The lowest BCUT2D eigenvalue weighted by Gasteiger charge is -2.14. The number of anilines is 1. The van der Waals surface area contributed by atoms with Crippen LogP contribution in [0.1, 0.15) is 56.6 Å². The van der Waals surface area contributed by atoms with E-state index in [1.165, 1.54) is 0 Å². The fourth-order valence-corrected chi connectivity index (χ4v) is 1.60. The third kappa shape index (κ3) is 2.03. The zero-order chi connectivity index (χ0) is 10.9. The molecule has 2 N–H and O–H groups in total. The molecule has 3 nitrogen and oxygen atoms in total. The van der Waals surface area contributed by atoms with E-state index in [1.807, 2.05) is 6.92 Å². The molecule has 1 aromatic rings. The van der Waals surface area contributed by atoms with Gasteiger partial charge in [-0.05, 0) is 12.8 Å². The second-order valence-corrected chi connectivity index (χ2v) is 4.28. The first-order chi connectivity index (χ1) is 6.43. The highest BCUT2D eigenvalue weighted by atomic mass is 15.0. The first-order valence-corrected chi connectivity index (χ1v) is 5.07. The molecule has 0 amide bonds. The first kappa shape index (κ1) is 11.0. The second-order valence-electron chi connectivity index (χ2n) is 4.28. The van der Waals surface area contributed by atoms with E-state index < -0.39 is 0 Å². The van der Waals surface area contributed by atoms with Gasteiger partial charge in [0.25, 0.3) is 0 Å². The summed E-state index contributed by atoms with van der Waals surface area (Å²) in [5, 5.41) is 0. The Hall–Kier alpha value is -1.12. The summed E-state index contributed by atoms with van der Waals surface area (Å²) < 4.78 is 0. The summed E-state index contributed by atoms with van der Waals surface area (Å²) in [5.41, 5.74) is 8.00. The summed E-state index contributed by atoms with van der Waals surface area (Å²) in [4.78, 5) is 8.78. The van der Waals surface area contributed by atoms with Gasteiger partial charge in [-0.3, -0.25) is 0 Å². The van der Waals surface area contributed by atoms with Crippen molar-refractivity contribution in [1.82, 2.24) is 9.97 Å². The van der Waals surface area contributed by atoms with E-state index in [1.54, 1.807) is 0 Å². The van der Waals surface area contributed by atoms with Crippen LogP contribution in [0.2, 0.25) is 0 Å². The highest BCUT2D eigenvalue weighted by Gasteiger charge is 2.13. The number of aryl methyl sites for hydroxylation is 1. The molecule has 0 aliphatic heterocycles. The molecule has 1 aromatic heterocycles. The summed E-state index contributed by atoms with van der Waals surface area (Å²) in [6.45, 7) is 10.4. The lowest BCUT2D eigenvalue weighted by molar-refractivity contribution is 0.746. The van der Waals surface area contributed by atoms with Crippen LogP contribution in [-0.2, 0) is 0 Å². The molecule has 0 saturated carbocycles. The molecule has 0 unspecified atom stereocenters. The Morgan fingerprint density at radius 2 is 1.57 bits per heavy atom. The predicted octanol–water partition coefficient (Wildman–Crippen LogP) is 2.61. The normalized spacial score (nSPS) is 11.4. The van der Waals surface area contributed by atoms with Crippen molar-refractivity contribution >= 4 is 5.82 Å². The molecule has 0 aliphatic rings. The number of hydrogen-bond donors (Lipinski definition) is 1. The van der Waals surface area contributed by atoms with Gasteiger partial charge in [0.15, 0.2) is 0 Å². The van der Waals surface area contributed by atoms with Crippen LogP contribution in [0.25, 0.3) is 0 Å². The molecule has 1 rings (SSSR count). The van der Waals surface area contributed by atoms with Gasteiger partial charge in [-0.1, -0.05) is 27.7 Å². The van der Waals surface area contributed by atoms with Crippen molar-refractivity contribution in [3.05, 3.63) is 17.1 Å². The minimum Gasteiger partial charge on any atom is -0.383 e. The molecule has 0 atom stereocenters. The van der Waals surface area contributed by atoms with E-state index >= 15 is 0 Å². The minimum atomic E-state index is 0.331. The monoisotopic (exact) mass is 193 g/mol. The van der Waals surface area contributed by atoms with Crippen LogP contribution in [0.3, 0.4) is 0 Å². The van der Waals surface area contributed by atoms with E-state index in [9.17, 15) is 0 Å². The summed E-state index contributed by atoms with van der Waals surface area (Å²) in [5.74, 6) is 2.19. The molecule has 3 heteroatoms. The Morgan fingerprint density at radius 3 is 1.93 bits per heavy atom. The zero-order valence-corrected chi connectivity index (χ0v) is 9.63. The summed E-state index contributed by atoms with van der Waals surface area (Å²) in [7, 11) is 0. The van der Waals surface area contributed by atoms with E-state index in [2.05, 4.69) is 37.7 Å². The van der Waals surface area contributed by atoms with Crippen LogP contribution >= 0.6 is 0 Å². The van der Waals surface area contributed by atoms with Crippen LogP contribution < -0.4 is 5.73 Å². The van der Waals surface area contributed by atoms with Gasteiger partial charge in [0.1, 0.15) is 11.6 Å². The molecule has 0 spiro atoms. The number of nitrogens with zero attached hydrogens (tertiary/aromatic N) is 2. The van der Waals surface area contributed by atoms with Crippen LogP contribution in [0.5, 0.6) is 0 Å². The zero-order valence-electron chi connectivity index (χ0n) is 9.63. The van der Waals surface area contributed by atoms with Crippen LogP contribution in [0.15, 0.2) is 0 Å². The quantitative estimate of drug-likeness (QED) is 0.785. The lowest BCUT2D eigenvalue weighted by atomic mass is 10.0. The topological polar surface area (TPSA) is 51.8 Å². The maximum absolute atomic E-state index is 5.91. The highest BCUT2D eigenvalue weighted by Crippen LogP contribution is 2.24. The Morgan fingerprint density at radius 1 is 1.00 bits per heavy atom. The van der Waals surface area contributed by atoms with Crippen molar-refractivity contribution in [1.29, 1.82) is 0 Å². The maximum Gasteiger partial charge on any atom is 0.133 e. The van der Waals surface area contributed by atoms with Crippen LogP contribution in [0, 0.1) is 6.92 Å². The molecular weight excluding hydrogens is 174 g/mol. The molecule has 0 aromatic carbocycles. The molecule has 0 aliphatic carbocycles. The van der Waals surface area contributed by atoms with Crippen molar-refractivity contribution in [2.75, 3.05) is 5.73 Å². The van der Waals surface area contributed by atoms with Gasteiger partial charge >= 0.3 is 0 Å². The maximum atomic E-state index is 5.91. The summed E-state index contributed by atoms with van der Waals surface area (Å²) >= 11 is 0. The lowest BCUT2D eigenvalue weighted by Crippen LogP contribution is -2.09. The number of rotatable bonds is 2. The molecule has 0 radical (unpaired) electrons. The van der Waals surface area contributed by atoms with E-state index in [4.69, 9.17) is 5.73 Å². The van der Waals surface area contributed by atoms with E-state index in [0.717, 1.165) is 17.1 Å². The predicted molar refractivity (Wildman–Crippen MR) is 59.4 cm³/mol. The highest BCUT2D eigenvalue weighted by molar-refractivity contribution is 5.44. The number of hydrogen-bond acceptors (Lipinski definition) is 3. The van der Waals surface area contributed by atoms with Crippen LogP contribution in [-0.4, -0.2) is 9.97 Å². The Labute approximate surface area is 85.8 Å². The molecule has 0 saturated heterocycles. The minimum absolute atomic E-state index is 0.331. The molecular formula is C11H19N3. The van der Waals surface area contributed by atoms with Crippen molar-refractivity contribution < 1.29 is 0 Å². The van der Waals surface area contributed by atoms with Crippen molar-refractivity contribution in [2.45, 2.75) is 46.5 Å². The van der Waals surface area contributed by atoms with Crippen molar-refractivity contribution in [3.63, 3.8) is 0 Å².